The zero-order valence-electron chi connectivity index (χ0n) is 19.6. The number of aryl methyl sites for hydroxylation is 1. The molecule has 1 atom stereocenters. The van der Waals surface area contributed by atoms with Gasteiger partial charge in [0.15, 0.2) is 11.3 Å². The standard InChI is InChI=1S/C25H26N8O3/c1-35-21-16(24-31-18-8-2-3-10-20(18)36-24)7-4-9-19(21)30-23-17(22(26)34)15-28-25(32-23)27-11-5-13-33-14-6-12-29-33/h2-4,6-10,12,14-15,22,34H,5,11,13,26H2,1H3,(H2,27,28,30,32). The zero-order chi connectivity index (χ0) is 24.9. The van der Waals surface area contributed by atoms with E-state index < -0.39 is 6.23 Å². The van der Waals surface area contributed by atoms with Gasteiger partial charge >= 0.3 is 0 Å². The lowest BCUT2D eigenvalue weighted by Gasteiger charge is -2.17. The zero-order valence-corrected chi connectivity index (χ0v) is 19.6. The van der Waals surface area contributed by atoms with E-state index in [-0.39, 0.29) is 0 Å². The second-order valence-corrected chi connectivity index (χ2v) is 7.99. The highest BCUT2D eigenvalue weighted by atomic mass is 16.5. The molecule has 2 aromatic carbocycles. The van der Waals surface area contributed by atoms with Crippen LogP contribution in [0.2, 0.25) is 0 Å². The van der Waals surface area contributed by atoms with Crippen LogP contribution in [0.5, 0.6) is 5.75 Å². The van der Waals surface area contributed by atoms with Crippen LogP contribution < -0.4 is 21.1 Å². The number of nitrogens with one attached hydrogen (secondary N) is 2. The van der Waals surface area contributed by atoms with E-state index in [9.17, 15) is 5.11 Å². The molecule has 11 heteroatoms. The molecule has 0 fully saturated rings. The summed E-state index contributed by atoms with van der Waals surface area (Å²) in [6, 6.07) is 15.0. The highest BCUT2D eigenvalue weighted by Gasteiger charge is 2.19. The van der Waals surface area contributed by atoms with E-state index in [0.717, 1.165) is 18.5 Å². The number of oxazole rings is 1. The Morgan fingerprint density at radius 1 is 1.14 bits per heavy atom. The summed E-state index contributed by atoms with van der Waals surface area (Å²) in [4.78, 5) is 13.4. The summed E-state index contributed by atoms with van der Waals surface area (Å²) in [5.41, 5.74) is 8.81. The third kappa shape index (κ3) is 4.97. The fraction of sp³-hybridized carbons (Fsp3) is 0.200. The topological polar surface area (TPSA) is 149 Å². The van der Waals surface area contributed by atoms with Crippen molar-refractivity contribution < 1.29 is 14.3 Å². The largest absolute Gasteiger partial charge is 0.494 e. The number of aliphatic hydroxyl groups excluding tert-OH is 1. The van der Waals surface area contributed by atoms with Crippen LogP contribution in [0.15, 0.2) is 71.5 Å². The number of nitrogens with two attached hydrogens (primary N) is 1. The lowest BCUT2D eigenvalue weighted by Crippen LogP contribution is -2.15. The van der Waals surface area contributed by atoms with Crippen LogP contribution in [-0.2, 0) is 6.54 Å². The molecule has 5 rings (SSSR count). The van der Waals surface area contributed by atoms with Crippen LogP contribution in [0.3, 0.4) is 0 Å². The molecule has 0 saturated carbocycles. The first-order valence-corrected chi connectivity index (χ1v) is 11.4. The van der Waals surface area contributed by atoms with Crippen molar-refractivity contribution in [2.24, 2.45) is 5.73 Å². The number of nitrogens with zero attached hydrogens (tertiary/aromatic N) is 5. The van der Waals surface area contributed by atoms with Gasteiger partial charge in [-0.1, -0.05) is 18.2 Å². The molecule has 5 aromatic rings. The molecule has 0 saturated heterocycles. The Balaban J connectivity index is 1.40. The summed E-state index contributed by atoms with van der Waals surface area (Å²) in [5, 5.41) is 20.7. The Kier molecular flexibility index (Phi) is 6.74. The van der Waals surface area contributed by atoms with Gasteiger partial charge in [0.25, 0.3) is 0 Å². The molecule has 0 aliphatic heterocycles. The Morgan fingerprint density at radius 2 is 2.03 bits per heavy atom. The maximum atomic E-state index is 10.1. The molecule has 3 heterocycles. The molecule has 0 aliphatic carbocycles. The van der Waals surface area contributed by atoms with E-state index in [4.69, 9.17) is 14.9 Å². The van der Waals surface area contributed by atoms with Gasteiger partial charge in [0.05, 0.1) is 23.9 Å². The van der Waals surface area contributed by atoms with Crippen molar-refractivity contribution in [1.29, 1.82) is 0 Å². The van der Waals surface area contributed by atoms with E-state index in [2.05, 4.69) is 30.7 Å². The quantitative estimate of drug-likeness (QED) is 0.170. The number of hydrogen-bond acceptors (Lipinski definition) is 10. The number of hydrogen-bond donors (Lipinski definition) is 4. The first kappa shape index (κ1) is 23.3. The van der Waals surface area contributed by atoms with E-state index >= 15 is 0 Å². The molecule has 0 bridgehead atoms. The van der Waals surface area contributed by atoms with Crippen molar-refractivity contribution in [3.8, 4) is 17.2 Å². The van der Waals surface area contributed by atoms with Gasteiger partial charge in [-0.25, -0.2) is 9.97 Å². The van der Waals surface area contributed by atoms with Gasteiger partial charge in [0.2, 0.25) is 11.8 Å². The van der Waals surface area contributed by atoms with Crippen molar-refractivity contribution in [3.63, 3.8) is 0 Å². The van der Waals surface area contributed by atoms with Crippen molar-refractivity contribution in [1.82, 2.24) is 24.7 Å². The van der Waals surface area contributed by atoms with Crippen molar-refractivity contribution in [2.75, 3.05) is 24.3 Å². The molecule has 1 unspecified atom stereocenters. The lowest BCUT2D eigenvalue weighted by atomic mass is 10.1. The minimum Gasteiger partial charge on any atom is -0.494 e. The average Bonchev–Trinajstić information content (AvgIpc) is 3.56. The van der Waals surface area contributed by atoms with Gasteiger partial charge in [-0.15, -0.1) is 0 Å². The number of methoxy groups -OCH3 is 1. The first-order valence-electron chi connectivity index (χ1n) is 11.4. The highest BCUT2D eigenvalue weighted by molar-refractivity contribution is 5.81. The first-order chi connectivity index (χ1) is 17.6. The summed E-state index contributed by atoms with van der Waals surface area (Å²) in [7, 11) is 1.57. The predicted molar refractivity (Wildman–Crippen MR) is 136 cm³/mol. The SMILES string of the molecule is COc1c(Nc2nc(NCCCn3cccn3)ncc2C(N)O)cccc1-c1nc2ccccc2o1. The second-order valence-electron chi connectivity index (χ2n) is 7.99. The van der Waals surface area contributed by atoms with E-state index in [1.54, 1.807) is 13.3 Å². The van der Waals surface area contributed by atoms with Crippen molar-refractivity contribution >= 4 is 28.6 Å². The summed E-state index contributed by atoms with van der Waals surface area (Å²) in [6.45, 7) is 1.41. The Bertz CT molecular complexity index is 1420. The maximum Gasteiger partial charge on any atom is 0.231 e. The van der Waals surface area contributed by atoms with Gasteiger partial charge in [-0.3, -0.25) is 4.68 Å². The molecule has 0 spiro atoms. The molecule has 184 valence electrons. The average molecular weight is 487 g/mol. The van der Waals surface area contributed by atoms with Crippen LogP contribution in [0, 0.1) is 0 Å². The number of fused-ring (bicyclic) bond motifs is 1. The van der Waals surface area contributed by atoms with Crippen LogP contribution in [-0.4, -0.2) is 43.5 Å². The van der Waals surface area contributed by atoms with Crippen LogP contribution in [0.4, 0.5) is 17.5 Å². The summed E-state index contributed by atoms with van der Waals surface area (Å²) < 4.78 is 13.5. The number of benzene rings is 2. The van der Waals surface area contributed by atoms with Gasteiger partial charge < -0.3 is 30.6 Å². The monoisotopic (exact) mass is 486 g/mol. The molecular formula is C25H26N8O3. The normalized spacial score (nSPS) is 12.0. The van der Waals surface area contributed by atoms with E-state index in [0.29, 0.717) is 52.3 Å². The summed E-state index contributed by atoms with van der Waals surface area (Å²) in [6.07, 6.45) is 4.71. The van der Waals surface area contributed by atoms with Gasteiger partial charge in [0.1, 0.15) is 17.6 Å². The number of aliphatic hydroxyl groups is 1. The van der Waals surface area contributed by atoms with Crippen molar-refractivity contribution in [3.05, 3.63) is 72.7 Å². The molecular weight excluding hydrogens is 460 g/mol. The van der Waals surface area contributed by atoms with Gasteiger partial charge in [-0.2, -0.15) is 10.1 Å². The molecule has 0 amide bonds. The number of aromatic nitrogens is 5. The van der Waals surface area contributed by atoms with E-state index in [1.807, 2.05) is 59.4 Å². The Hall–Kier alpha value is -4.48. The van der Waals surface area contributed by atoms with E-state index in [1.165, 1.54) is 6.20 Å². The molecule has 0 radical (unpaired) electrons. The molecule has 36 heavy (non-hydrogen) atoms. The molecule has 0 aliphatic rings. The lowest BCUT2D eigenvalue weighted by molar-refractivity contribution is 0.186. The highest BCUT2D eigenvalue weighted by Crippen LogP contribution is 2.39. The van der Waals surface area contributed by atoms with Crippen molar-refractivity contribution in [2.45, 2.75) is 19.2 Å². The fourth-order valence-corrected chi connectivity index (χ4v) is 3.81. The Labute approximate surface area is 207 Å². The molecule has 3 aromatic heterocycles. The number of anilines is 3. The number of ether oxygens (including phenoxy) is 1. The van der Waals surface area contributed by atoms with Gasteiger partial charge in [0, 0.05) is 31.7 Å². The van der Waals surface area contributed by atoms with Crippen LogP contribution in [0.25, 0.3) is 22.6 Å². The molecule has 5 N–H and O–H groups in total. The number of para-hydroxylation sites is 3. The summed E-state index contributed by atoms with van der Waals surface area (Å²) in [5.74, 6) is 1.69. The third-order valence-electron chi connectivity index (χ3n) is 5.54. The maximum absolute atomic E-state index is 10.1. The van der Waals surface area contributed by atoms with Crippen LogP contribution in [0.1, 0.15) is 18.2 Å². The fourth-order valence-electron chi connectivity index (χ4n) is 3.81. The van der Waals surface area contributed by atoms with Gasteiger partial charge in [-0.05, 0) is 36.8 Å². The minimum atomic E-state index is -1.27. The van der Waals surface area contributed by atoms with Crippen LogP contribution >= 0.6 is 0 Å². The summed E-state index contributed by atoms with van der Waals surface area (Å²) >= 11 is 0. The second kappa shape index (κ2) is 10.4. The predicted octanol–water partition coefficient (Wildman–Crippen LogP) is 3.69. The Morgan fingerprint density at radius 3 is 2.81 bits per heavy atom. The number of rotatable bonds is 10. The molecule has 11 nitrogen and oxygen atoms in total. The third-order valence-corrected chi connectivity index (χ3v) is 5.54. The minimum absolute atomic E-state index is 0.339. The smallest absolute Gasteiger partial charge is 0.231 e.